The summed E-state index contributed by atoms with van der Waals surface area (Å²) in [7, 11) is 0. The maximum Gasteiger partial charge on any atom is 0.237 e. The van der Waals surface area contributed by atoms with Gasteiger partial charge in [0.05, 0.1) is 5.92 Å². The van der Waals surface area contributed by atoms with Crippen molar-refractivity contribution >= 4 is 5.78 Å². The van der Waals surface area contributed by atoms with Crippen LogP contribution in [-0.2, 0) is 11.2 Å². The van der Waals surface area contributed by atoms with E-state index in [1.807, 2.05) is 0 Å². The number of aromatic nitrogens is 2. The smallest absolute Gasteiger partial charge is 0.237 e. The summed E-state index contributed by atoms with van der Waals surface area (Å²) >= 11 is 0. The highest BCUT2D eigenvalue weighted by atomic mass is 16.5. The third-order valence-corrected chi connectivity index (χ3v) is 4.50. The Morgan fingerprint density at radius 1 is 1.10 bits per heavy atom. The van der Waals surface area contributed by atoms with Crippen LogP contribution < -0.4 is 0 Å². The summed E-state index contributed by atoms with van der Waals surface area (Å²) in [4.78, 5) is 16.3. The summed E-state index contributed by atoms with van der Waals surface area (Å²) in [6.45, 7) is 0. The first-order valence-corrected chi connectivity index (χ1v) is 7.27. The molecule has 2 unspecified atom stereocenters. The Morgan fingerprint density at radius 3 is 2.85 bits per heavy atom. The summed E-state index contributed by atoms with van der Waals surface area (Å²) < 4.78 is 5.36. The number of rotatable bonds is 2. The lowest BCUT2D eigenvalue weighted by molar-refractivity contribution is -0.119. The van der Waals surface area contributed by atoms with Crippen molar-refractivity contribution in [1.82, 2.24) is 10.1 Å². The normalized spacial score (nSPS) is 25.1. The predicted molar refractivity (Wildman–Crippen MR) is 72.5 cm³/mol. The van der Waals surface area contributed by atoms with Crippen molar-refractivity contribution in [3.8, 4) is 0 Å². The van der Waals surface area contributed by atoms with Crippen LogP contribution in [-0.4, -0.2) is 15.9 Å². The molecular weight excluding hydrogens is 252 g/mol. The van der Waals surface area contributed by atoms with Crippen molar-refractivity contribution in [1.29, 1.82) is 0 Å². The summed E-state index contributed by atoms with van der Waals surface area (Å²) in [6, 6.07) is 8.43. The van der Waals surface area contributed by atoms with E-state index in [0.29, 0.717) is 12.3 Å². The van der Waals surface area contributed by atoms with Gasteiger partial charge in [-0.1, -0.05) is 29.4 Å². The fraction of sp³-hybridized carbons (Fsp3) is 0.438. The lowest BCUT2D eigenvalue weighted by Crippen LogP contribution is -2.05. The van der Waals surface area contributed by atoms with Crippen LogP contribution in [0.5, 0.6) is 0 Å². The molecule has 4 rings (SSSR count). The van der Waals surface area contributed by atoms with Gasteiger partial charge in [-0.2, -0.15) is 4.98 Å². The number of nitrogens with zero attached hydrogens (tertiary/aromatic N) is 2. The van der Waals surface area contributed by atoms with E-state index in [9.17, 15) is 4.79 Å². The fourth-order valence-corrected chi connectivity index (χ4v) is 3.43. The number of aryl methyl sites for hydroxylation is 1. The van der Waals surface area contributed by atoms with Crippen molar-refractivity contribution in [3.63, 3.8) is 0 Å². The average molecular weight is 268 g/mol. The second-order valence-corrected chi connectivity index (χ2v) is 5.69. The van der Waals surface area contributed by atoms with Crippen LogP contribution in [0, 0.1) is 0 Å². The Bertz CT molecular complexity index is 662. The summed E-state index contributed by atoms with van der Waals surface area (Å²) in [5.74, 6) is 1.57. The maximum atomic E-state index is 11.8. The number of carbonyl (C=O) groups excluding carboxylic acids is 1. The van der Waals surface area contributed by atoms with Crippen LogP contribution in [0.3, 0.4) is 0 Å². The Hall–Kier alpha value is -1.97. The third-order valence-electron chi connectivity index (χ3n) is 4.50. The quantitative estimate of drug-likeness (QED) is 0.840. The Balaban J connectivity index is 1.65. The first kappa shape index (κ1) is 11.8. The molecule has 1 aromatic heterocycles. The van der Waals surface area contributed by atoms with E-state index in [4.69, 9.17) is 4.52 Å². The minimum atomic E-state index is -0.159. The van der Waals surface area contributed by atoms with E-state index in [0.717, 1.165) is 31.5 Å². The average Bonchev–Trinajstić information content (AvgIpc) is 3.15. The van der Waals surface area contributed by atoms with E-state index >= 15 is 0 Å². The van der Waals surface area contributed by atoms with Crippen LogP contribution in [0.2, 0.25) is 0 Å². The van der Waals surface area contributed by atoms with Gasteiger partial charge in [-0.05, 0) is 36.8 Å². The van der Waals surface area contributed by atoms with Gasteiger partial charge < -0.3 is 4.52 Å². The highest BCUT2D eigenvalue weighted by Gasteiger charge is 2.33. The minimum Gasteiger partial charge on any atom is -0.339 e. The molecular formula is C16H16N2O2. The summed E-state index contributed by atoms with van der Waals surface area (Å²) in [5, 5.41) is 4.14. The standard InChI is InChI=1S/C16H16N2O2/c19-14-7-3-6-13(14)16-17-15(18-20-16)12-9-8-10-4-1-2-5-11(10)12/h1-2,4-5,12-13H,3,6-9H2. The molecule has 2 aromatic rings. The topological polar surface area (TPSA) is 56.0 Å². The number of carbonyl (C=O) groups is 1. The third kappa shape index (κ3) is 1.79. The molecule has 0 radical (unpaired) electrons. The van der Waals surface area contributed by atoms with Gasteiger partial charge in [-0.15, -0.1) is 0 Å². The van der Waals surface area contributed by atoms with Gasteiger partial charge in [0.1, 0.15) is 5.78 Å². The monoisotopic (exact) mass is 268 g/mol. The molecule has 102 valence electrons. The van der Waals surface area contributed by atoms with Crippen molar-refractivity contribution in [2.45, 2.75) is 43.9 Å². The molecule has 0 saturated heterocycles. The number of Topliss-reactive ketones (excluding diaryl/α,β-unsaturated/α-hetero) is 1. The van der Waals surface area contributed by atoms with Gasteiger partial charge in [0, 0.05) is 12.3 Å². The molecule has 2 atom stereocenters. The Morgan fingerprint density at radius 2 is 2.00 bits per heavy atom. The van der Waals surface area contributed by atoms with E-state index in [-0.39, 0.29) is 17.6 Å². The SMILES string of the molecule is O=C1CCCC1c1nc(C2CCc3ccccc32)no1. The van der Waals surface area contributed by atoms with Gasteiger partial charge in [0.2, 0.25) is 5.89 Å². The number of hydrogen-bond donors (Lipinski definition) is 0. The van der Waals surface area contributed by atoms with Gasteiger partial charge in [0.15, 0.2) is 5.82 Å². The Labute approximate surface area is 117 Å². The zero-order chi connectivity index (χ0) is 13.5. The number of hydrogen-bond acceptors (Lipinski definition) is 4. The molecule has 0 aliphatic heterocycles. The lowest BCUT2D eigenvalue weighted by Gasteiger charge is -2.05. The molecule has 4 heteroatoms. The second kappa shape index (κ2) is 4.54. The molecule has 1 saturated carbocycles. The van der Waals surface area contributed by atoms with Crippen LogP contribution in [0.15, 0.2) is 28.8 Å². The van der Waals surface area contributed by atoms with Crippen LogP contribution in [0.4, 0.5) is 0 Å². The fourth-order valence-electron chi connectivity index (χ4n) is 3.43. The molecule has 1 aromatic carbocycles. The highest BCUT2D eigenvalue weighted by Crippen LogP contribution is 2.38. The van der Waals surface area contributed by atoms with Gasteiger partial charge >= 0.3 is 0 Å². The van der Waals surface area contributed by atoms with Gasteiger partial charge in [-0.3, -0.25) is 4.79 Å². The largest absolute Gasteiger partial charge is 0.339 e. The van der Waals surface area contributed by atoms with Gasteiger partial charge in [0.25, 0.3) is 0 Å². The first-order chi connectivity index (χ1) is 9.83. The highest BCUT2D eigenvalue weighted by molar-refractivity contribution is 5.86. The van der Waals surface area contributed by atoms with Crippen LogP contribution in [0.1, 0.15) is 60.4 Å². The second-order valence-electron chi connectivity index (χ2n) is 5.69. The number of ketones is 1. The lowest BCUT2D eigenvalue weighted by atomic mass is 10.0. The molecule has 1 fully saturated rings. The van der Waals surface area contributed by atoms with E-state index < -0.39 is 0 Å². The van der Waals surface area contributed by atoms with Gasteiger partial charge in [-0.25, -0.2) is 0 Å². The van der Waals surface area contributed by atoms with Crippen LogP contribution >= 0.6 is 0 Å². The number of benzene rings is 1. The molecule has 2 aliphatic carbocycles. The molecule has 4 nitrogen and oxygen atoms in total. The van der Waals surface area contributed by atoms with Crippen molar-refractivity contribution in [3.05, 3.63) is 47.1 Å². The molecule has 0 amide bonds. The molecule has 1 heterocycles. The summed E-state index contributed by atoms with van der Waals surface area (Å²) in [6.07, 6.45) is 4.52. The van der Waals surface area contributed by atoms with Crippen molar-refractivity contribution < 1.29 is 9.32 Å². The molecule has 0 bridgehead atoms. The zero-order valence-corrected chi connectivity index (χ0v) is 11.2. The predicted octanol–water partition coefficient (Wildman–Crippen LogP) is 2.98. The zero-order valence-electron chi connectivity index (χ0n) is 11.2. The molecule has 20 heavy (non-hydrogen) atoms. The van der Waals surface area contributed by atoms with Crippen molar-refractivity contribution in [2.75, 3.05) is 0 Å². The van der Waals surface area contributed by atoms with E-state index in [1.54, 1.807) is 0 Å². The Kier molecular flexibility index (Phi) is 2.69. The van der Waals surface area contributed by atoms with Crippen LogP contribution in [0.25, 0.3) is 0 Å². The molecule has 0 spiro atoms. The molecule has 2 aliphatic rings. The van der Waals surface area contributed by atoms with Crippen molar-refractivity contribution in [2.24, 2.45) is 0 Å². The van der Waals surface area contributed by atoms with E-state index in [1.165, 1.54) is 11.1 Å². The molecule has 0 N–H and O–H groups in total. The number of fused-ring (bicyclic) bond motifs is 1. The maximum absolute atomic E-state index is 11.8. The first-order valence-electron chi connectivity index (χ1n) is 7.27. The van der Waals surface area contributed by atoms with E-state index in [2.05, 4.69) is 34.4 Å². The minimum absolute atomic E-state index is 0.159. The summed E-state index contributed by atoms with van der Waals surface area (Å²) in [5.41, 5.74) is 2.68.